The smallest absolute Gasteiger partial charge is 0.250 e. The second kappa shape index (κ2) is 18.5. The molecule has 9 rings (SSSR count). The van der Waals surface area contributed by atoms with E-state index >= 15 is 0 Å². The van der Waals surface area contributed by atoms with Crippen LogP contribution in [0, 0.1) is 5.92 Å². The van der Waals surface area contributed by atoms with Crippen molar-refractivity contribution in [2.24, 2.45) is 10.9 Å². The number of imidazole rings is 1. The summed E-state index contributed by atoms with van der Waals surface area (Å²) in [6.45, 7) is 5.77. The third kappa shape index (κ3) is 8.57. The van der Waals surface area contributed by atoms with Crippen LogP contribution in [0.2, 0.25) is 0 Å². The van der Waals surface area contributed by atoms with Crippen molar-refractivity contribution >= 4 is 67.0 Å². The summed E-state index contributed by atoms with van der Waals surface area (Å²) in [6.07, 6.45) is 7.78. The molecule has 328 valence electrons. The Kier molecular flexibility index (Phi) is 12.4. The predicted molar refractivity (Wildman–Crippen MR) is 253 cm³/mol. The maximum atomic E-state index is 13.9. The number of hydrogen-bond donors (Lipinski definition) is 4. The molecule has 3 aromatic carbocycles. The Morgan fingerprint density at radius 3 is 1.98 bits per heavy atom. The lowest BCUT2D eigenvalue weighted by Gasteiger charge is -2.30. The first kappa shape index (κ1) is 43.1. The van der Waals surface area contributed by atoms with Crippen LogP contribution >= 0.6 is 22.7 Å². The monoisotopic (exact) mass is 893 g/mol. The third-order valence-corrected chi connectivity index (χ3v) is 14.8. The average Bonchev–Trinajstić information content (AvgIpc) is 4.17. The molecular weight excluding hydrogens is 843 g/mol. The second-order valence-corrected chi connectivity index (χ2v) is 18.9. The predicted octanol–water partition coefficient (Wildman–Crippen LogP) is 8.54. The zero-order valence-electron chi connectivity index (χ0n) is 36.0. The maximum Gasteiger partial charge on any atom is 0.250 e. The van der Waals surface area contributed by atoms with Gasteiger partial charge in [0.2, 0.25) is 23.6 Å². The average molecular weight is 894 g/mol. The van der Waals surface area contributed by atoms with Crippen LogP contribution in [-0.4, -0.2) is 86.0 Å². The van der Waals surface area contributed by atoms with E-state index in [4.69, 9.17) is 9.98 Å². The topological polar surface area (TPSA) is 160 Å². The highest BCUT2D eigenvalue weighted by Gasteiger charge is 2.39. The summed E-state index contributed by atoms with van der Waals surface area (Å²) in [5, 5.41) is 19.3. The van der Waals surface area contributed by atoms with Gasteiger partial charge in [-0.1, -0.05) is 92.7 Å². The maximum absolute atomic E-state index is 13.9. The molecule has 64 heavy (non-hydrogen) atoms. The first-order chi connectivity index (χ1) is 31.1. The van der Waals surface area contributed by atoms with Crippen LogP contribution in [0.4, 0.5) is 0 Å². The van der Waals surface area contributed by atoms with Crippen LogP contribution in [0.25, 0.3) is 48.5 Å². The molecule has 4 amide bonds. The Labute approximate surface area is 380 Å². The molecule has 0 aliphatic carbocycles. The van der Waals surface area contributed by atoms with Crippen molar-refractivity contribution < 1.29 is 24.3 Å². The summed E-state index contributed by atoms with van der Waals surface area (Å²) in [5.41, 5.74) is 10.6. The highest BCUT2D eigenvalue weighted by atomic mass is 32.1. The van der Waals surface area contributed by atoms with E-state index in [0.717, 1.165) is 76.3 Å². The number of amides is 4. The number of carbonyl (C=O) groups excluding carboxylic acids is 4. The molecule has 3 aromatic heterocycles. The van der Waals surface area contributed by atoms with Gasteiger partial charge in [0.1, 0.15) is 24.5 Å². The van der Waals surface area contributed by atoms with Crippen LogP contribution in [0.3, 0.4) is 0 Å². The van der Waals surface area contributed by atoms with Gasteiger partial charge in [-0.3, -0.25) is 24.2 Å². The van der Waals surface area contributed by atoms with Crippen molar-refractivity contribution in [3.63, 3.8) is 0 Å². The molecule has 0 saturated carbocycles. The Bertz CT molecular complexity index is 2750. The number of rotatable bonds is 13. The van der Waals surface area contributed by atoms with Crippen LogP contribution in [0.1, 0.15) is 81.9 Å². The van der Waals surface area contributed by atoms with E-state index in [1.165, 1.54) is 27.5 Å². The number of aliphatic hydroxyl groups excluding tert-OH is 1. The number of allylic oxidation sites excluding steroid dienone is 1. The van der Waals surface area contributed by atoms with E-state index in [2.05, 4.69) is 74.9 Å². The first-order valence-electron chi connectivity index (χ1n) is 21.9. The highest BCUT2D eigenvalue weighted by molar-refractivity contribution is 7.27. The van der Waals surface area contributed by atoms with Gasteiger partial charge in [-0.2, -0.15) is 0 Å². The van der Waals surface area contributed by atoms with Crippen LogP contribution in [0.15, 0.2) is 107 Å². The van der Waals surface area contributed by atoms with E-state index in [-0.39, 0.29) is 35.7 Å². The van der Waals surface area contributed by atoms with Gasteiger partial charge in [0.15, 0.2) is 0 Å². The van der Waals surface area contributed by atoms with Gasteiger partial charge < -0.3 is 30.5 Å². The number of fused-ring (bicyclic) bond motifs is 1. The fourth-order valence-electron chi connectivity index (χ4n) is 9.30. The molecule has 2 saturated heterocycles. The number of aromatic amines is 1. The fourth-order valence-corrected chi connectivity index (χ4v) is 11.8. The van der Waals surface area contributed by atoms with E-state index in [0.29, 0.717) is 19.5 Å². The van der Waals surface area contributed by atoms with Crippen molar-refractivity contribution in [1.29, 1.82) is 0 Å². The number of carbonyl (C=O) groups is 4. The quantitative estimate of drug-likeness (QED) is 0.0910. The summed E-state index contributed by atoms with van der Waals surface area (Å²) in [4.78, 5) is 68.3. The molecule has 3 aliphatic heterocycles. The summed E-state index contributed by atoms with van der Waals surface area (Å²) in [7, 11) is 0. The highest BCUT2D eigenvalue weighted by Crippen LogP contribution is 2.45. The van der Waals surface area contributed by atoms with Gasteiger partial charge in [-0.15, -0.1) is 22.7 Å². The molecule has 0 bridgehead atoms. The molecule has 2 unspecified atom stereocenters. The minimum atomic E-state index is -0.732. The molecule has 14 heteroatoms. The Hall–Kier alpha value is -6.22. The van der Waals surface area contributed by atoms with E-state index < -0.39 is 24.6 Å². The Balaban J connectivity index is 0.847. The summed E-state index contributed by atoms with van der Waals surface area (Å²) in [5.74, 6) is -0.472. The van der Waals surface area contributed by atoms with Gasteiger partial charge >= 0.3 is 0 Å². The number of nitrogens with zero attached hydrogens (tertiary/aromatic N) is 4. The second-order valence-electron chi connectivity index (χ2n) is 17.1. The first-order valence-corrected chi connectivity index (χ1v) is 23.7. The number of benzene rings is 3. The number of aromatic nitrogens is 2. The van der Waals surface area contributed by atoms with Crippen molar-refractivity contribution in [1.82, 2.24) is 30.4 Å². The van der Waals surface area contributed by atoms with Crippen molar-refractivity contribution in [2.75, 3.05) is 19.7 Å². The number of H-pyrrole nitrogens is 1. The van der Waals surface area contributed by atoms with Gasteiger partial charge in [0.05, 0.1) is 33.4 Å². The van der Waals surface area contributed by atoms with Gasteiger partial charge in [-0.05, 0) is 65.0 Å². The lowest BCUT2D eigenvalue weighted by molar-refractivity contribution is -0.139. The van der Waals surface area contributed by atoms with Gasteiger partial charge in [0, 0.05) is 60.2 Å². The van der Waals surface area contributed by atoms with E-state index in [1.807, 2.05) is 61.5 Å². The molecule has 0 radical (unpaired) electrons. The molecule has 3 aliphatic rings. The normalized spacial score (nSPS) is 18.3. The summed E-state index contributed by atoms with van der Waals surface area (Å²) < 4.78 is 2.51. The Morgan fingerprint density at radius 1 is 0.781 bits per heavy atom. The van der Waals surface area contributed by atoms with E-state index in [9.17, 15) is 24.3 Å². The molecule has 6 heterocycles. The largest absolute Gasteiger partial charge is 0.387 e. The summed E-state index contributed by atoms with van der Waals surface area (Å²) in [6, 6.07) is 24.8. The van der Waals surface area contributed by atoms with E-state index in [1.54, 1.807) is 27.6 Å². The van der Waals surface area contributed by atoms with Crippen molar-refractivity contribution in [3.8, 4) is 33.5 Å². The lowest BCUT2D eigenvalue weighted by Crippen LogP contribution is -2.51. The molecule has 12 nitrogen and oxygen atoms in total. The van der Waals surface area contributed by atoms with Crippen LogP contribution in [-0.2, 0) is 19.2 Å². The van der Waals surface area contributed by atoms with Gasteiger partial charge in [0.25, 0.3) is 0 Å². The molecule has 2 fully saturated rings. The van der Waals surface area contributed by atoms with Gasteiger partial charge in [-0.25, -0.2) is 4.98 Å². The zero-order chi connectivity index (χ0) is 44.5. The molecular formula is C50H51N7O5S2. The van der Waals surface area contributed by atoms with Crippen molar-refractivity contribution in [3.05, 3.63) is 119 Å². The number of nitrogens with one attached hydrogen (secondary N) is 3. The number of hydrogen-bond acceptors (Lipinski definition) is 9. The molecule has 4 N–H and O–H groups in total. The molecule has 0 spiro atoms. The molecule has 6 aromatic rings. The van der Waals surface area contributed by atoms with Crippen molar-refractivity contribution in [2.45, 2.75) is 77.0 Å². The zero-order valence-corrected chi connectivity index (χ0v) is 37.7. The number of aliphatic hydroxyl groups is 1. The molecule has 4 atom stereocenters. The minimum Gasteiger partial charge on any atom is -0.387 e. The SMILES string of the molecule is CC(=O)N[C@@H](C(=O)N1CCCC1C1=NC=C(c2ccc(-c3csc4c(-c5ccc(-c6cnc(C7CCCN7C(=O)[C@@H](NC(=O)CO)C(C)C)[nH]6)cc5)csc34)cc2)C1)c1ccccc1. The summed E-state index contributed by atoms with van der Waals surface area (Å²) >= 11 is 3.51. The van der Waals surface area contributed by atoms with Crippen LogP contribution < -0.4 is 10.6 Å². The number of thiophene rings is 2. The fraction of sp³-hybridized carbons (Fsp3) is 0.320. The lowest BCUT2D eigenvalue weighted by atomic mass is 9.96. The van der Waals surface area contributed by atoms with Crippen LogP contribution in [0.5, 0.6) is 0 Å². The minimum absolute atomic E-state index is 0.0990. The standard InChI is InChI=1S/C50H51N7O5S2/c1-29(2)44(55-43(60)26-58)49(61)57-22-8-12-42(57)48-52-25-40(54-48)34-19-17-33(18-20-34)38-28-64-46-37(27-63-47(38)46)32-15-13-31(14-16-32)36-23-39(51-24-36)41-11-7-21-56(41)50(62)45(53-30(3)59)35-9-5-4-6-10-35/h4-6,9-10,13-20,24-25,27-29,41-42,44-45,58H,7-8,11-12,21-23,26H2,1-3H3,(H,52,54)(H,53,59)(H,55,60)/t41?,42?,44-,45+/m0/s1. The number of aliphatic imine (C=N–C) groups is 1. The number of likely N-dealkylation sites (tertiary alicyclic amines) is 2. The Morgan fingerprint density at radius 2 is 1.38 bits per heavy atom. The third-order valence-electron chi connectivity index (χ3n) is 12.6.